The first-order valence-corrected chi connectivity index (χ1v) is 5.12. The standard InChI is InChI=1S/C11H14F3NO2/c1-15-3-2-10(16)11(17)6-4-8(13)9(14)5-7(6)12/h4-5,10-11,15-17H,2-3H2,1H3. The van der Waals surface area contributed by atoms with Crippen LogP contribution in [0.3, 0.4) is 0 Å². The average molecular weight is 249 g/mol. The molecule has 0 aromatic heterocycles. The van der Waals surface area contributed by atoms with Crippen LogP contribution in [0, 0.1) is 17.5 Å². The van der Waals surface area contributed by atoms with Gasteiger partial charge in [-0.05, 0) is 26.1 Å². The maximum atomic E-state index is 13.3. The molecule has 17 heavy (non-hydrogen) atoms. The van der Waals surface area contributed by atoms with Gasteiger partial charge in [0.25, 0.3) is 0 Å². The van der Waals surface area contributed by atoms with E-state index in [4.69, 9.17) is 0 Å². The van der Waals surface area contributed by atoms with E-state index in [2.05, 4.69) is 5.32 Å². The Labute approximate surface area is 96.9 Å². The van der Waals surface area contributed by atoms with E-state index >= 15 is 0 Å². The van der Waals surface area contributed by atoms with Gasteiger partial charge in [-0.3, -0.25) is 0 Å². The number of aliphatic hydroxyl groups is 2. The van der Waals surface area contributed by atoms with Gasteiger partial charge in [-0.2, -0.15) is 0 Å². The molecule has 0 aliphatic heterocycles. The highest BCUT2D eigenvalue weighted by Gasteiger charge is 2.23. The molecule has 2 unspecified atom stereocenters. The van der Waals surface area contributed by atoms with Crippen LogP contribution in [0.4, 0.5) is 13.2 Å². The first kappa shape index (κ1) is 14.0. The molecule has 0 saturated carbocycles. The van der Waals surface area contributed by atoms with Gasteiger partial charge in [0.2, 0.25) is 0 Å². The van der Waals surface area contributed by atoms with Crippen LogP contribution in [0.5, 0.6) is 0 Å². The van der Waals surface area contributed by atoms with Crippen molar-refractivity contribution in [3.63, 3.8) is 0 Å². The molecule has 3 N–H and O–H groups in total. The van der Waals surface area contributed by atoms with Gasteiger partial charge in [-0.15, -0.1) is 0 Å². The Balaban J connectivity index is 2.88. The largest absolute Gasteiger partial charge is 0.390 e. The van der Waals surface area contributed by atoms with Gasteiger partial charge in [-0.1, -0.05) is 0 Å². The van der Waals surface area contributed by atoms with E-state index in [0.29, 0.717) is 18.7 Å². The third kappa shape index (κ3) is 3.42. The van der Waals surface area contributed by atoms with E-state index in [-0.39, 0.29) is 6.42 Å². The smallest absolute Gasteiger partial charge is 0.161 e. The summed E-state index contributed by atoms with van der Waals surface area (Å²) in [6.07, 6.45) is -2.67. The number of nitrogens with one attached hydrogen (secondary N) is 1. The minimum Gasteiger partial charge on any atom is -0.390 e. The molecule has 0 radical (unpaired) electrons. The molecule has 2 atom stereocenters. The molecule has 1 aromatic rings. The summed E-state index contributed by atoms with van der Waals surface area (Å²) in [6, 6.07) is 0.899. The molecule has 6 heteroatoms. The Bertz CT molecular complexity index is 387. The van der Waals surface area contributed by atoms with E-state index in [9.17, 15) is 23.4 Å². The molecule has 3 nitrogen and oxygen atoms in total. The topological polar surface area (TPSA) is 52.5 Å². The summed E-state index contributed by atoms with van der Waals surface area (Å²) in [5.74, 6) is -3.68. The van der Waals surface area contributed by atoms with Gasteiger partial charge < -0.3 is 15.5 Å². The first-order chi connectivity index (χ1) is 7.97. The van der Waals surface area contributed by atoms with Crippen LogP contribution in [0.15, 0.2) is 12.1 Å². The quantitative estimate of drug-likeness (QED) is 0.685. The maximum Gasteiger partial charge on any atom is 0.161 e. The molecule has 0 heterocycles. The van der Waals surface area contributed by atoms with Crippen LogP contribution >= 0.6 is 0 Å². The first-order valence-electron chi connectivity index (χ1n) is 5.12. The van der Waals surface area contributed by atoms with E-state index in [1.165, 1.54) is 0 Å². The van der Waals surface area contributed by atoms with Crippen molar-refractivity contribution >= 4 is 0 Å². The number of hydrogen-bond donors (Lipinski definition) is 3. The summed E-state index contributed by atoms with van der Waals surface area (Å²) in [7, 11) is 1.65. The van der Waals surface area contributed by atoms with E-state index in [0.717, 1.165) is 0 Å². The van der Waals surface area contributed by atoms with Crippen molar-refractivity contribution in [1.82, 2.24) is 5.32 Å². The highest BCUT2D eigenvalue weighted by Crippen LogP contribution is 2.24. The van der Waals surface area contributed by atoms with Gasteiger partial charge in [0.15, 0.2) is 11.6 Å². The Morgan fingerprint density at radius 1 is 1.12 bits per heavy atom. The molecular weight excluding hydrogens is 235 g/mol. The lowest BCUT2D eigenvalue weighted by Gasteiger charge is -2.18. The Kier molecular flexibility index (Phi) is 4.92. The van der Waals surface area contributed by atoms with Gasteiger partial charge in [0.05, 0.1) is 6.10 Å². The number of hydrogen-bond acceptors (Lipinski definition) is 3. The van der Waals surface area contributed by atoms with Crippen LogP contribution in [-0.2, 0) is 0 Å². The highest BCUT2D eigenvalue weighted by molar-refractivity contribution is 5.23. The SMILES string of the molecule is CNCCC(O)C(O)c1cc(F)c(F)cc1F. The lowest BCUT2D eigenvalue weighted by atomic mass is 10.0. The maximum absolute atomic E-state index is 13.3. The van der Waals surface area contributed by atoms with Crippen LogP contribution < -0.4 is 5.32 Å². The molecule has 0 aliphatic carbocycles. The van der Waals surface area contributed by atoms with Crippen molar-refractivity contribution in [2.45, 2.75) is 18.6 Å². The van der Waals surface area contributed by atoms with Crippen molar-refractivity contribution in [3.05, 3.63) is 35.1 Å². The van der Waals surface area contributed by atoms with Crippen molar-refractivity contribution in [3.8, 4) is 0 Å². The zero-order chi connectivity index (χ0) is 13.0. The zero-order valence-electron chi connectivity index (χ0n) is 9.25. The van der Waals surface area contributed by atoms with Crippen LogP contribution in [0.2, 0.25) is 0 Å². The molecule has 0 spiro atoms. The average Bonchev–Trinajstić information content (AvgIpc) is 2.29. The van der Waals surface area contributed by atoms with Gasteiger partial charge in [0, 0.05) is 11.6 Å². The fourth-order valence-electron chi connectivity index (χ4n) is 1.42. The summed E-state index contributed by atoms with van der Waals surface area (Å²) in [5, 5.41) is 21.9. The lowest BCUT2D eigenvalue weighted by molar-refractivity contribution is 0.0117. The lowest BCUT2D eigenvalue weighted by Crippen LogP contribution is -2.24. The highest BCUT2D eigenvalue weighted by atomic mass is 19.2. The van der Waals surface area contributed by atoms with Gasteiger partial charge in [0.1, 0.15) is 11.9 Å². The number of halogens is 3. The number of benzene rings is 1. The van der Waals surface area contributed by atoms with Crippen LogP contribution in [-0.4, -0.2) is 29.9 Å². The molecule has 1 aromatic carbocycles. The molecule has 0 saturated heterocycles. The normalized spacial score (nSPS) is 14.7. The van der Waals surface area contributed by atoms with Crippen LogP contribution in [0.25, 0.3) is 0 Å². The van der Waals surface area contributed by atoms with E-state index in [1.54, 1.807) is 7.05 Å². The summed E-state index contributed by atoms with van der Waals surface area (Å²) >= 11 is 0. The molecule has 0 bridgehead atoms. The van der Waals surface area contributed by atoms with Crippen LogP contribution in [0.1, 0.15) is 18.1 Å². The second kappa shape index (κ2) is 6.00. The summed E-state index contributed by atoms with van der Waals surface area (Å²) < 4.78 is 38.8. The molecule has 96 valence electrons. The van der Waals surface area contributed by atoms with Gasteiger partial charge >= 0.3 is 0 Å². The monoisotopic (exact) mass is 249 g/mol. The fraction of sp³-hybridized carbons (Fsp3) is 0.455. The summed E-state index contributed by atoms with van der Waals surface area (Å²) in [5.41, 5.74) is -0.451. The summed E-state index contributed by atoms with van der Waals surface area (Å²) in [4.78, 5) is 0. The minimum absolute atomic E-state index is 0.163. The third-order valence-electron chi connectivity index (χ3n) is 2.41. The zero-order valence-corrected chi connectivity index (χ0v) is 9.25. The van der Waals surface area contributed by atoms with E-state index < -0.39 is 35.2 Å². The Morgan fingerprint density at radius 2 is 1.71 bits per heavy atom. The Morgan fingerprint density at radius 3 is 2.29 bits per heavy atom. The number of rotatable bonds is 5. The number of aliphatic hydroxyl groups excluding tert-OH is 2. The predicted molar refractivity (Wildman–Crippen MR) is 55.8 cm³/mol. The van der Waals surface area contributed by atoms with Crippen molar-refractivity contribution in [2.24, 2.45) is 0 Å². The molecule has 0 amide bonds. The Hall–Kier alpha value is -1.11. The molecule has 0 aliphatic rings. The van der Waals surface area contributed by atoms with Crippen molar-refractivity contribution < 1.29 is 23.4 Å². The predicted octanol–water partition coefficient (Wildman–Crippen LogP) is 1.11. The van der Waals surface area contributed by atoms with Crippen molar-refractivity contribution in [1.29, 1.82) is 0 Å². The van der Waals surface area contributed by atoms with Gasteiger partial charge in [-0.25, -0.2) is 13.2 Å². The summed E-state index contributed by atoms with van der Waals surface area (Å²) in [6.45, 7) is 0.406. The minimum atomic E-state index is -1.58. The second-order valence-corrected chi connectivity index (χ2v) is 3.69. The molecule has 0 fully saturated rings. The molecular formula is C11H14F3NO2. The van der Waals surface area contributed by atoms with E-state index in [1.807, 2.05) is 0 Å². The third-order valence-corrected chi connectivity index (χ3v) is 2.41. The fourth-order valence-corrected chi connectivity index (χ4v) is 1.42. The van der Waals surface area contributed by atoms with Crippen molar-refractivity contribution in [2.75, 3.05) is 13.6 Å². The second-order valence-electron chi connectivity index (χ2n) is 3.69. The molecule has 1 rings (SSSR count).